The first kappa shape index (κ1) is 12.8. The highest BCUT2D eigenvalue weighted by Gasteiger charge is 2.12. The summed E-state index contributed by atoms with van der Waals surface area (Å²) in [6.07, 6.45) is 0. The van der Waals surface area contributed by atoms with Gasteiger partial charge in [0.1, 0.15) is 0 Å². The highest BCUT2D eigenvalue weighted by atomic mass is 32.1. The minimum absolute atomic E-state index is 0.180. The zero-order chi connectivity index (χ0) is 14.1. The number of amides is 1. The molecule has 0 spiro atoms. The Balaban J connectivity index is 1.83. The number of thiophene rings is 1. The second-order valence-electron chi connectivity index (χ2n) is 4.60. The standard InChI is InChI=1S/C14H14N4OS/c1-9-6-10(2)18-13(16-9)7-12(17-18)14(19)15-8-11-4-3-5-20-11/h3-7H,8H2,1-2H3,(H,15,19). The van der Waals surface area contributed by atoms with E-state index in [1.807, 2.05) is 37.4 Å². The van der Waals surface area contributed by atoms with Crippen molar-refractivity contribution in [3.05, 3.63) is 51.6 Å². The van der Waals surface area contributed by atoms with Crippen LogP contribution in [0.1, 0.15) is 26.8 Å². The SMILES string of the molecule is Cc1cc(C)n2nc(C(=O)NCc3cccs3)cc2n1. The van der Waals surface area contributed by atoms with Crippen molar-refractivity contribution in [1.29, 1.82) is 0 Å². The summed E-state index contributed by atoms with van der Waals surface area (Å²) in [6.45, 7) is 4.40. The van der Waals surface area contributed by atoms with Crippen molar-refractivity contribution in [3.8, 4) is 0 Å². The average Bonchev–Trinajstić information content (AvgIpc) is 3.04. The molecule has 0 saturated heterocycles. The molecule has 5 nitrogen and oxygen atoms in total. The molecule has 3 heterocycles. The Labute approximate surface area is 120 Å². The van der Waals surface area contributed by atoms with Crippen molar-refractivity contribution in [2.24, 2.45) is 0 Å². The molecule has 20 heavy (non-hydrogen) atoms. The molecule has 3 aromatic rings. The quantitative estimate of drug-likeness (QED) is 0.804. The molecule has 0 unspecified atom stereocenters. The molecule has 0 fully saturated rings. The molecular weight excluding hydrogens is 272 g/mol. The molecule has 0 aromatic carbocycles. The van der Waals surface area contributed by atoms with E-state index in [1.165, 1.54) is 0 Å². The monoisotopic (exact) mass is 286 g/mol. The van der Waals surface area contributed by atoms with Gasteiger partial charge < -0.3 is 5.32 Å². The first-order valence-corrected chi connectivity index (χ1v) is 7.16. The van der Waals surface area contributed by atoms with Gasteiger partial charge in [-0.15, -0.1) is 11.3 Å². The van der Waals surface area contributed by atoms with Crippen LogP contribution in [-0.2, 0) is 6.54 Å². The third-order valence-corrected chi connectivity index (χ3v) is 3.85. The third kappa shape index (κ3) is 2.42. The minimum Gasteiger partial charge on any atom is -0.346 e. The zero-order valence-electron chi connectivity index (χ0n) is 11.3. The van der Waals surface area contributed by atoms with Crippen LogP contribution in [0.3, 0.4) is 0 Å². The Bertz CT molecular complexity index is 761. The number of rotatable bonds is 3. The Kier molecular flexibility index (Phi) is 3.23. The molecule has 1 amide bonds. The second-order valence-corrected chi connectivity index (χ2v) is 5.63. The summed E-state index contributed by atoms with van der Waals surface area (Å²) in [6, 6.07) is 7.61. The molecule has 3 aromatic heterocycles. The van der Waals surface area contributed by atoms with Gasteiger partial charge in [-0.25, -0.2) is 9.50 Å². The van der Waals surface area contributed by atoms with Crippen LogP contribution in [0.25, 0.3) is 5.65 Å². The summed E-state index contributed by atoms with van der Waals surface area (Å²) in [7, 11) is 0. The summed E-state index contributed by atoms with van der Waals surface area (Å²) in [5, 5.41) is 9.15. The van der Waals surface area contributed by atoms with Gasteiger partial charge in [0.25, 0.3) is 5.91 Å². The lowest BCUT2D eigenvalue weighted by Gasteiger charge is -2.00. The van der Waals surface area contributed by atoms with Crippen molar-refractivity contribution in [3.63, 3.8) is 0 Å². The van der Waals surface area contributed by atoms with Crippen LogP contribution in [0.2, 0.25) is 0 Å². The maximum absolute atomic E-state index is 12.1. The highest BCUT2D eigenvalue weighted by molar-refractivity contribution is 7.09. The number of nitrogens with one attached hydrogen (secondary N) is 1. The van der Waals surface area contributed by atoms with Gasteiger partial charge >= 0.3 is 0 Å². The molecule has 102 valence electrons. The van der Waals surface area contributed by atoms with Crippen LogP contribution in [0.5, 0.6) is 0 Å². The van der Waals surface area contributed by atoms with E-state index in [9.17, 15) is 4.79 Å². The van der Waals surface area contributed by atoms with Crippen LogP contribution in [0, 0.1) is 13.8 Å². The van der Waals surface area contributed by atoms with Crippen molar-refractivity contribution in [2.45, 2.75) is 20.4 Å². The van der Waals surface area contributed by atoms with Gasteiger partial charge in [-0.3, -0.25) is 4.79 Å². The minimum atomic E-state index is -0.180. The lowest BCUT2D eigenvalue weighted by atomic mass is 10.3. The number of aromatic nitrogens is 3. The first-order valence-electron chi connectivity index (χ1n) is 6.28. The van der Waals surface area contributed by atoms with Crippen LogP contribution < -0.4 is 5.32 Å². The largest absolute Gasteiger partial charge is 0.346 e. The normalized spacial score (nSPS) is 10.9. The molecule has 0 aliphatic heterocycles. The molecule has 3 rings (SSSR count). The van der Waals surface area contributed by atoms with Gasteiger partial charge in [-0.1, -0.05) is 6.07 Å². The van der Waals surface area contributed by atoms with Crippen molar-refractivity contribution < 1.29 is 4.79 Å². The number of nitrogens with zero attached hydrogens (tertiary/aromatic N) is 3. The topological polar surface area (TPSA) is 59.3 Å². The Morgan fingerprint density at radius 3 is 3.00 bits per heavy atom. The number of fused-ring (bicyclic) bond motifs is 1. The Morgan fingerprint density at radius 2 is 2.25 bits per heavy atom. The van der Waals surface area contributed by atoms with E-state index in [2.05, 4.69) is 15.4 Å². The fraction of sp³-hybridized carbons (Fsp3) is 0.214. The van der Waals surface area contributed by atoms with Gasteiger partial charge in [-0.2, -0.15) is 5.10 Å². The summed E-state index contributed by atoms with van der Waals surface area (Å²) < 4.78 is 1.69. The van der Waals surface area contributed by atoms with Crippen molar-refractivity contribution in [1.82, 2.24) is 19.9 Å². The molecule has 0 aliphatic carbocycles. The highest BCUT2D eigenvalue weighted by Crippen LogP contribution is 2.10. The predicted molar refractivity (Wildman–Crippen MR) is 78.0 cm³/mol. The Morgan fingerprint density at radius 1 is 1.40 bits per heavy atom. The fourth-order valence-electron chi connectivity index (χ4n) is 2.07. The number of hydrogen-bond donors (Lipinski definition) is 1. The average molecular weight is 286 g/mol. The zero-order valence-corrected chi connectivity index (χ0v) is 12.1. The summed E-state index contributed by atoms with van der Waals surface area (Å²) >= 11 is 1.62. The summed E-state index contributed by atoms with van der Waals surface area (Å²) in [4.78, 5) is 17.6. The summed E-state index contributed by atoms with van der Waals surface area (Å²) in [5.74, 6) is -0.180. The molecule has 0 radical (unpaired) electrons. The first-order chi connectivity index (χ1) is 9.63. The van der Waals surface area contributed by atoms with Gasteiger partial charge in [-0.05, 0) is 31.4 Å². The smallest absolute Gasteiger partial charge is 0.272 e. The number of carbonyl (C=O) groups excluding carboxylic acids is 1. The van der Waals surface area contributed by atoms with E-state index in [0.717, 1.165) is 16.3 Å². The van der Waals surface area contributed by atoms with E-state index in [0.29, 0.717) is 17.9 Å². The van der Waals surface area contributed by atoms with E-state index in [1.54, 1.807) is 21.9 Å². The maximum Gasteiger partial charge on any atom is 0.272 e. The van der Waals surface area contributed by atoms with Gasteiger partial charge in [0.15, 0.2) is 11.3 Å². The lowest BCUT2D eigenvalue weighted by Crippen LogP contribution is -2.22. The van der Waals surface area contributed by atoms with Crippen LogP contribution >= 0.6 is 11.3 Å². The van der Waals surface area contributed by atoms with Crippen LogP contribution in [-0.4, -0.2) is 20.5 Å². The third-order valence-electron chi connectivity index (χ3n) is 2.97. The van der Waals surface area contributed by atoms with E-state index in [-0.39, 0.29) is 5.91 Å². The van der Waals surface area contributed by atoms with E-state index in [4.69, 9.17) is 0 Å². The van der Waals surface area contributed by atoms with Gasteiger partial charge in [0, 0.05) is 22.3 Å². The fourth-order valence-corrected chi connectivity index (χ4v) is 2.71. The van der Waals surface area contributed by atoms with Crippen molar-refractivity contribution >= 4 is 22.9 Å². The molecule has 0 saturated carbocycles. The summed E-state index contributed by atoms with van der Waals surface area (Å²) in [5.41, 5.74) is 2.97. The second kappa shape index (κ2) is 5.05. The van der Waals surface area contributed by atoms with E-state index < -0.39 is 0 Å². The molecule has 0 aliphatic rings. The predicted octanol–water partition coefficient (Wildman–Crippen LogP) is 2.34. The van der Waals surface area contributed by atoms with E-state index >= 15 is 0 Å². The molecule has 0 bridgehead atoms. The van der Waals surface area contributed by atoms with Crippen LogP contribution in [0.4, 0.5) is 0 Å². The molecule has 1 N–H and O–H groups in total. The number of hydrogen-bond acceptors (Lipinski definition) is 4. The molecule has 6 heteroatoms. The van der Waals surface area contributed by atoms with Crippen molar-refractivity contribution in [2.75, 3.05) is 0 Å². The van der Waals surface area contributed by atoms with Gasteiger partial charge in [0.05, 0.1) is 6.54 Å². The van der Waals surface area contributed by atoms with Crippen LogP contribution in [0.15, 0.2) is 29.6 Å². The number of aryl methyl sites for hydroxylation is 2. The van der Waals surface area contributed by atoms with Gasteiger partial charge in [0.2, 0.25) is 0 Å². The lowest BCUT2D eigenvalue weighted by molar-refractivity contribution is 0.0946. The number of carbonyl (C=O) groups is 1. The maximum atomic E-state index is 12.1. The Hall–Kier alpha value is -2.21. The molecule has 0 atom stereocenters. The molecular formula is C14H14N4OS.